The Labute approximate surface area is 216 Å². The van der Waals surface area contributed by atoms with E-state index in [9.17, 15) is 9.90 Å². The van der Waals surface area contributed by atoms with Crippen LogP contribution in [0.15, 0.2) is 51.7 Å². The zero-order valence-electron chi connectivity index (χ0n) is 20.0. The minimum Gasteiger partial charge on any atom is -0.477 e. The molecule has 36 heavy (non-hydrogen) atoms. The molecular weight excluding hydrogens is 524 g/mol. The van der Waals surface area contributed by atoms with Gasteiger partial charge in [-0.15, -0.1) is 5.10 Å². The summed E-state index contributed by atoms with van der Waals surface area (Å²) in [5.74, 6) is -0.422. The molecule has 0 atom stereocenters. The van der Waals surface area contributed by atoms with Crippen molar-refractivity contribution in [3.05, 3.63) is 69.8 Å². The molecule has 0 unspecified atom stereocenters. The molecule has 0 saturated carbocycles. The molecule has 0 bridgehead atoms. The highest BCUT2D eigenvalue weighted by Gasteiger charge is 2.29. The van der Waals surface area contributed by atoms with E-state index >= 15 is 0 Å². The molecule has 0 fully saturated rings. The van der Waals surface area contributed by atoms with Gasteiger partial charge in [-0.2, -0.15) is 5.10 Å². The minimum atomic E-state index is -0.971. The number of rotatable bonds is 9. The highest BCUT2D eigenvalue weighted by Crippen LogP contribution is 2.49. The summed E-state index contributed by atoms with van der Waals surface area (Å²) in [6.45, 7) is 4.52. The number of hydrogen-bond donors (Lipinski definition) is 2. The van der Waals surface area contributed by atoms with Crippen LogP contribution in [0.5, 0.6) is 0 Å². The predicted octanol–water partition coefficient (Wildman–Crippen LogP) is 5.84. The molecule has 1 aliphatic carbocycles. The van der Waals surface area contributed by atoms with Gasteiger partial charge in [-0.05, 0) is 68.9 Å². The highest BCUT2D eigenvalue weighted by molar-refractivity contribution is 9.10. The van der Waals surface area contributed by atoms with Crippen LogP contribution in [-0.4, -0.2) is 41.5 Å². The molecule has 2 N–H and O–H groups in total. The Morgan fingerprint density at radius 1 is 1.11 bits per heavy atom. The van der Waals surface area contributed by atoms with Crippen LogP contribution in [0.1, 0.15) is 54.0 Å². The van der Waals surface area contributed by atoms with Crippen LogP contribution in [-0.2, 0) is 19.4 Å². The Bertz CT molecular complexity index is 1490. The second kappa shape index (κ2) is 10.1. The quantitative estimate of drug-likeness (QED) is 0.237. The Kier molecular flexibility index (Phi) is 6.69. The first-order chi connectivity index (χ1) is 17.5. The fourth-order valence-electron chi connectivity index (χ4n) is 4.77. The molecule has 0 amide bonds. The van der Waals surface area contributed by atoms with E-state index in [1.54, 1.807) is 17.2 Å². The molecular formula is C26H25BrN6O3. The molecule has 3 aromatic rings. The van der Waals surface area contributed by atoms with Crippen LogP contribution in [0.4, 0.5) is 0 Å². The van der Waals surface area contributed by atoms with Gasteiger partial charge in [0.2, 0.25) is 0 Å². The number of carboxylic acid groups (broad SMARTS) is 1. The number of fused-ring (bicyclic) bond motifs is 1. The molecule has 0 saturated heterocycles. The van der Waals surface area contributed by atoms with Gasteiger partial charge in [0, 0.05) is 39.7 Å². The van der Waals surface area contributed by atoms with Crippen molar-refractivity contribution >= 4 is 21.9 Å². The maximum absolute atomic E-state index is 12.4. The Balaban J connectivity index is 1.76. The molecule has 1 aromatic carbocycles. The zero-order valence-corrected chi connectivity index (χ0v) is 21.5. The van der Waals surface area contributed by atoms with Crippen molar-refractivity contribution in [3.8, 4) is 33.6 Å². The summed E-state index contributed by atoms with van der Waals surface area (Å²) in [5, 5.41) is 29.3. The van der Waals surface area contributed by atoms with E-state index < -0.39 is 5.97 Å². The van der Waals surface area contributed by atoms with Gasteiger partial charge in [0.1, 0.15) is 5.69 Å². The van der Waals surface area contributed by atoms with E-state index in [-0.39, 0.29) is 5.69 Å². The molecule has 3 heterocycles. The molecule has 184 valence electrons. The summed E-state index contributed by atoms with van der Waals surface area (Å²) >= 11 is 3.82. The van der Waals surface area contributed by atoms with Crippen LogP contribution < -0.4 is 0 Å². The maximum atomic E-state index is 12.4. The lowest BCUT2D eigenvalue weighted by Crippen LogP contribution is -2.11. The van der Waals surface area contributed by atoms with Gasteiger partial charge >= 0.3 is 5.97 Å². The third-order valence-corrected chi connectivity index (χ3v) is 7.25. The number of nitrogens with zero attached hydrogens (tertiary/aromatic N) is 5. The van der Waals surface area contributed by atoms with Gasteiger partial charge < -0.3 is 9.52 Å². The van der Waals surface area contributed by atoms with Crippen molar-refractivity contribution in [3.63, 3.8) is 0 Å². The summed E-state index contributed by atoms with van der Waals surface area (Å²) in [6, 6.07) is 9.80. The smallest absolute Gasteiger partial charge is 0.354 e. The topological polar surface area (TPSA) is 123 Å². The number of halogens is 1. The summed E-state index contributed by atoms with van der Waals surface area (Å²) in [6.07, 6.45) is 6.41. The molecule has 2 aliphatic rings. The number of aromatic carboxylic acids is 1. The lowest BCUT2D eigenvalue weighted by Gasteiger charge is -2.12. The van der Waals surface area contributed by atoms with Crippen molar-refractivity contribution in [2.24, 2.45) is 0 Å². The van der Waals surface area contributed by atoms with Gasteiger partial charge in [0.05, 0.1) is 18.2 Å². The summed E-state index contributed by atoms with van der Waals surface area (Å²) in [7, 11) is 0. The number of nitrogens with one attached hydrogen (secondary N) is 1. The summed E-state index contributed by atoms with van der Waals surface area (Å²) < 4.78 is 7.98. The first-order valence-electron chi connectivity index (χ1n) is 11.9. The normalized spacial score (nSPS) is 11.4. The van der Waals surface area contributed by atoms with Gasteiger partial charge in [0.25, 0.3) is 0 Å². The van der Waals surface area contributed by atoms with E-state index in [4.69, 9.17) is 9.52 Å². The van der Waals surface area contributed by atoms with Crippen molar-refractivity contribution < 1.29 is 14.3 Å². The third-order valence-electron chi connectivity index (χ3n) is 6.43. The van der Waals surface area contributed by atoms with Crippen molar-refractivity contribution in [1.82, 2.24) is 30.4 Å². The van der Waals surface area contributed by atoms with E-state index in [1.165, 1.54) is 0 Å². The van der Waals surface area contributed by atoms with Gasteiger partial charge in [-0.25, -0.2) is 9.89 Å². The number of benzene rings is 1. The Hall–Kier alpha value is -3.79. The SMILES string of the molecule is CCCCc1nn(CC)c(C(=O)O)c1Cc1c2ccocc-2c(Br)c1-c1ccccc1-c1nnn[nH]1. The number of unbranched alkanes of at least 4 members (excludes halogenated alkanes) is 1. The average molecular weight is 549 g/mol. The van der Waals surface area contributed by atoms with E-state index in [0.29, 0.717) is 18.8 Å². The van der Waals surface area contributed by atoms with E-state index in [1.807, 2.05) is 37.3 Å². The lowest BCUT2D eigenvalue weighted by molar-refractivity contribution is 0.0682. The van der Waals surface area contributed by atoms with Crippen LogP contribution in [0, 0.1) is 0 Å². The van der Waals surface area contributed by atoms with E-state index in [2.05, 4.69) is 43.5 Å². The van der Waals surface area contributed by atoms with Crippen LogP contribution in [0.2, 0.25) is 0 Å². The molecule has 5 rings (SSSR count). The van der Waals surface area contributed by atoms with Gasteiger partial charge in [-0.3, -0.25) is 4.68 Å². The maximum Gasteiger partial charge on any atom is 0.354 e. The number of aromatic amines is 1. The van der Waals surface area contributed by atoms with Gasteiger partial charge in [0.15, 0.2) is 5.82 Å². The van der Waals surface area contributed by atoms with Crippen LogP contribution >= 0.6 is 15.9 Å². The number of carbonyl (C=O) groups is 1. The van der Waals surface area contributed by atoms with E-state index in [0.717, 1.165) is 68.4 Å². The molecule has 1 aliphatic heterocycles. The van der Waals surface area contributed by atoms with Crippen molar-refractivity contribution in [2.75, 3.05) is 0 Å². The Morgan fingerprint density at radius 2 is 1.92 bits per heavy atom. The molecule has 2 aromatic heterocycles. The monoisotopic (exact) mass is 548 g/mol. The zero-order chi connectivity index (χ0) is 25.2. The second-order valence-electron chi connectivity index (χ2n) is 8.52. The number of aryl methyl sites for hydroxylation is 2. The molecule has 10 heteroatoms. The van der Waals surface area contributed by atoms with Crippen LogP contribution in [0.25, 0.3) is 33.6 Å². The number of tetrazole rings is 1. The fourth-order valence-corrected chi connectivity index (χ4v) is 5.53. The standard InChI is InChI=1S/C26H25BrN6O3/c1-3-5-10-21-19(24(26(34)35)33(4-2)30-21)13-18-15-11-12-36-14-20(15)23(27)22(18)16-8-6-7-9-17(16)25-28-31-32-29-25/h6-9,11-12,14H,3-5,10,13H2,1-2H3,(H,34,35)(H,28,29,31,32). The van der Waals surface area contributed by atoms with Gasteiger partial charge in [-0.1, -0.05) is 37.6 Å². The number of hydrogen-bond acceptors (Lipinski definition) is 6. The first kappa shape index (κ1) is 23.9. The third kappa shape index (κ3) is 4.11. The average Bonchev–Trinajstić information content (AvgIpc) is 3.61. The fraction of sp³-hybridized carbons (Fsp3) is 0.269. The van der Waals surface area contributed by atoms with Crippen molar-refractivity contribution in [2.45, 2.75) is 46.1 Å². The molecule has 0 spiro atoms. The lowest BCUT2D eigenvalue weighted by atomic mass is 9.92. The molecule has 0 radical (unpaired) electrons. The predicted molar refractivity (Wildman–Crippen MR) is 138 cm³/mol. The highest BCUT2D eigenvalue weighted by atomic mass is 79.9. The molecule has 9 nitrogen and oxygen atoms in total. The largest absolute Gasteiger partial charge is 0.477 e. The van der Waals surface area contributed by atoms with Crippen LogP contribution in [0.3, 0.4) is 0 Å². The van der Waals surface area contributed by atoms with Crippen molar-refractivity contribution in [1.29, 1.82) is 0 Å². The number of aromatic nitrogens is 6. The Morgan fingerprint density at radius 3 is 2.61 bits per heavy atom. The first-order valence-corrected chi connectivity index (χ1v) is 12.7. The minimum absolute atomic E-state index is 0.244. The number of carboxylic acids is 1. The number of H-pyrrole nitrogens is 1. The second-order valence-corrected chi connectivity index (χ2v) is 9.32. The summed E-state index contributed by atoms with van der Waals surface area (Å²) in [5.41, 5.74) is 7.41. The summed E-state index contributed by atoms with van der Waals surface area (Å²) in [4.78, 5) is 12.4.